The van der Waals surface area contributed by atoms with Gasteiger partial charge in [0.15, 0.2) is 12.2 Å². The van der Waals surface area contributed by atoms with Gasteiger partial charge in [-0.25, -0.2) is 4.98 Å². The van der Waals surface area contributed by atoms with E-state index in [1.165, 1.54) is 17.5 Å². The van der Waals surface area contributed by atoms with Crippen LogP contribution in [0.15, 0.2) is 29.0 Å². The fourth-order valence-electron chi connectivity index (χ4n) is 1.56. The van der Waals surface area contributed by atoms with Gasteiger partial charge in [0.2, 0.25) is 0 Å². The molecule has 1 heterocycles. The van der Waals surface area contributed by atoms with Crippen LogP contribution in [0.4, 0.5) is 0 Å². The predicted octanol–water partition coefficient (Wildman–Crippen LogP) is 3.85. The SMILES string of the molecule is Cc1ccc(C)c(-c2ocnc2CBr)c1. The van der Waals surface area contributed by atoms with Gasteiger partial charge in [-0.2, -0.15) is 0 Å². The van der Waals surface area contributed by atoms with Crippen molar-refractivity contribution in [2.45, 2.75) is 19.2 Å². The van der Waals surface area contributed by atoms with Crippen molar-refractivity contribution in [2.75, 3.05) is 0 Å². The van der Waals surface area contributed by atoms with Crippen LogP contribution in [0.2, 0.25) is 0 Å². The van der Waals surface area contributed by atoms with Gasteiger partial charge in [0, 0.05) is 10.9 Å². The number of hydrogen-bond donors (Lipinski definition) is 0. The molecule has 2 nitrogen and oxygen atoms in total. The minimum absolute atomic E-state index is 0.714. The van der Waals surface area contributed by atoms with E-state index in [0.717, 1.165) is 17.0 Å². The molecule has 0 N–H and O–H groups in total. The maximum Gasteiger partial charge on any atom is 0.181 e. The zero-order valence-corrected chi connectivity index (χ0v) is 10.3. The third-order valence-electron chi connectivity index (χ3n) is 2.41. The molecule has 3 heteroatoms. The largest absolute Gasteiger partial charge is 0.443 e. The van der Waals surface area contributed by atoms with Gasteiger partial charge in [0.25, 0.3) is 0 Å². The van der Waals surface area contributed by atoms with Crippen LogP contribution in [-0.4, -0.2) is 4.98 Å². The molecule has 0 aliphatic heterocycles. The van der Waals surface area contributed by atoms with Crippen molar-refractivity contribution >= 4 is 15.9 Å². The van der Waals surface area contributed by atoms with Crippen molar-refractivity contribution in [2.24, 2.45) is 0 Å². The Hall–Kier alpha value is -1.09. The number of oxazole rings is 1. The Morgan fingerprint density at radius 2 is 2.13 bits per heavy atom. The highest BCUT2D eigenvalue weighted by Crippen LogP contribution is 2.28. The average Bonchev–Trinajstić information content (AvgIpc) is 2.69. The number of halogens is 1. The topological polar surface area (TPSA) is 26.0 Å². The number of aryl methyl sites for hydroxylation is 2. The van der Waals surface area contributed by atoms with E-state index in [0.29, 0.717) is 5.33 Å². The molecule has 2 rings (SSSR count). The normalized spacial score (nSPS) is 10.6. The van der Waals surface area contributed by atoms with Gasteiger partial charge in [0.1, 0.15) is 0 Å². The van der Waals surface area contributed by atoms with Crippen molar-refractivity contribution in [1.82, 2.24) is 4.98 Å². The van der Waals surface area contributed by atoms with Crippen molar-refractivity contribution in [3.8, 4) is 11.3 Å². The van der Waals surface area contributed by atoms with Crippen LogP contribution in [0.3, 0.4) is 0 Å². The van der Waals surface area contributed by atoms with Crippen molar-refractivity contribution in [1.29, 1.82) is 0 Å². The van der Waals surface area contributed by atoms with Crippen LogP contribution in [0.5, 0.6) is 0 Å². The first-order valence-corrected chi connectivity index (χ1v) is 5.90. The summed E-state index contributed by atoms with van der Waals surface area (Å²) in [5, 5.41) is 0.714. The van der Waals surface area contributed by atoms with Crippen molar-refractivity contribution in [3.63, 3.8) is 0 Å². The number of aromatic nitrogens is 1. The lowest BCUT2D eigenvalue weighted by atomic mass is 10.0. The van der Waals surface area contributed by atoms with Crippen molar-refractivity contribution in [3.05, 3.63) is 41.4 Å². The zero-order valence-electron chi connectivity index (χ0n) is 8.75. The summed E-state index contributed by atoms with van der Waals surface area (Å²) in [5.41, 5.74) is 4.51. The Balaban J connectivity index is 2.58. The molecular formula is C12H12BrNO. The molecule has 15 heavy (non-hydrogen) atoms. The first kappa shape index (κ1) is 10.4. The minimum Gasteiger partial charge on any atom is -0.443 e. The molecule has 1 aromatic heterocycles. The molecule has 0 amide bonds. The smallest absolute Gasteiger partial charge is 0.181 e. The maximum atomic E-state index is 5.44. The fraction of sp³-hybridized carbons (Fsp3) is 0.250. The molecule has 0 saturated carbocycles. The van der Waals surface area contributed by atoms with Gasteiger partial charge in [-0.3, -0.25) is 0 Å². The van der Waals surface area contributed by atoms with E-state index in [9.17, 15) is 0 Å². The van der Waals surface area contributed by atoms with Crippen LogP contribution >= 0.6 is 15.9 Å². The number of hydrogen-bond acceptors (Lipinski definition) is 2. The first-order chi connectivity index (χ1) is 7.22. The lowest BCUT2D eigenvalue weighted by Gasteiger charge is -2.04. The highest BCUT2D eigenvalue weighted by atomic mass is 79.9. The van der Waals surface area contributed by atoms with Crippen LogP contribution in [-0.2, 0) is 5.33 Å². The maximum absolute atomic E-state index is 5.44. The van der Waals surface area contributed by atoms with Gasteiger partial charge in [-0.1, -0.05) is 33.6 Å². The highest BCUT2D eigenvalue weighted by molar-refractivity contribution is 9.08. The molecule has 0 aliphatic carbocycles. The van der Waals surface area contributed by atoms with E-state index in [2.05, 4.69) is 53.0 Å². The van der Waals surface area contributed by atoms with Crippen LogP contribution in [0.1, 0.15) is 16.8 Å². The van der Waals surface area contributed by atoms with E-state index in [-0.39, 0.29) is 0 Å². The Kier molecular flexibility index (Phi) is 2.91. The summed E-state index contributed by atoms with van der Waals surface area (Å²) < 4.78 is 5.44. The lowest BCUT2D eigenvalue weighted by molar-refractivity contribution is 0.571. The van der Waals surface area contributed by atoms with E-state index in [1.54, 1.807) is 0 Å². The van der Waals surface area contributed by atoms with E-state index < -0.39 is 0 Å². The van der Waals surface area contributed by atoms with Crippen LogP contribution < -0.4 is 0 Å². The molecule has 0 aliphatic rings. The third-order valence-corrected chi connectivity index (χ3v) is 2.94. The van der Waals surface area contributed by atoms with E-state index in [4.69, 9.17) is 4.42 Å². The second-order valence-electron chi connectivity index (χ2n) is 3.58. The van der Waals surface area contributed by atoms with Crippen LogP contribution in [0.25, 0.3) is 11.3 Å². The standard InChI is InChI=1S/C12H12BrNO/c1-8-3-4-9(2)10(5-8)12-11(6-13)14-7-15-12/h3-5,7H,6H2,1-2H3. The quantitative estimate of drug-likeness (QED) is 0.771. The summed E-state index contributed by atoms with van der Waals surface area (Å²) in [6.45, 7) is 4.16. The zero-order chi connectivity index (χ0) is 10.8. The Morgan fingerprint density at radius 1 is 1.33 bits per heavy atom. The molecule has 2 aromatic rings. The lowest BCUT2D eigenvalue weighted by Crippen LogP contribution is -1.87. The second kappa shape index (κ2) is 4.19. The van der Waals surface area contributed by atoms with E-state index >= 15 is 0 Å². The Labute approximate surface area is 97.5 Å². The van der Waals surface area contributed by atoms with Crippen molar-refractivity contribution < 1.29 is 4.42 Å². The Morgan fingerprint density at radius 3 is 2.87 bits per heavy atom. The molecule has 0 unspecified atom stereocenters. The van der Waals surface area contributed by atoms with Crippen LogP contribution in [0, 0.1) is 13.8 Å². The molecule has 0 fully saturated rings. The highest BCUT2D eigenvalue weighted by Gasteiger charge is 2.11. The summed E-state index contributed by atoms with van der Waals surface area (Å²) in [5.74, 6) is 0.869. The molecule has 0 radical (unpaired) electrons. The third kappa shape index (κ3) is 1.97. The molecule has 0 atom stereocenters. The monoisotopic (exact) mass is 265 g/mol. The summed E-state index contributed by atoms with van der Waals surface area (Å²) in [6, 6.07) is 6.33. The molecule has 0 saturated heterocycles. The first-order valence-electron chi connectivity index (χ1n) is 4.78. The molecule has 0 bridgehead atoms. The average molecular weight is 266 g/mol. The van der Waals surface area contributed by atoms with Gasteiger partial charge in [-0.15, -0.1) is 0 Å². The molecule has 1 aromatic carbocycles. The summed E-state index contributed by atoms with van der Waals surface area (Å²) >= 11 is 3.41. The van der Waals surface area contributed by atoms with E-state index in [1.807, 2.05) is 0 Å². The molecular weight excluding hydrogens is 254 g/mol. The Bertz CT molecular complexity index is 476. The number of benzene rings is 1. The van der Waals surface area contributed by atoms with Gasteiger partial charge in [0.05, 0.1) is 5.69 Å². The number of rotatable bonds is 2. The number of alkyl halides is 1. The molecule has 78 valence electrons. The molecule has 0 spiro atoms. The van der Waals surface area contributed by atoms with Gasteiger partial charge >= 0.3 is 0 Å². The number of nitrogens with zero attached hydrogens (tertiary/aromatic N) is 1. The minimum atomic E-state index is 0.714. The fourth-order valence-corrected chi connectivity index (χ4v) is 1.96. The predicted molar refractivity (Wildman–Crippen MR) is 64.0 cm³/mol. The van der Waals surface area contributed by atoms with Gasteiger partial charge < -0.3 is 4.42 Å². The second-order valence-corrected chi connectivity index (χ2v) is 4.14. The summed E-state index contributed by atoms with van der Waals surface area (Å²) in [6.07, 6.45) is 1.49. The van der Waals surface area contributed by atoms with Gasteiger partial charge in [-0.05, 0) is 25.5 Å². The summed E-state index contributed by atoms with van der Waals surface area (Å²) in [7, 11) is 0. The summed E-state index contributed by atoms with van der Waals surface area (Å²) in [4.78, 5) is 4.17.